The fourth-order valence-electron chi connectivity index (χ4n) is 3.70. The average molecular weight is 396 g/mol. The fourth-order valence-corrected chi connectivity index (χ4v) is 3.70. The summed E-state index contributed by atoms with van der Waals surface area (Å²) in [5.74, 6) is -0.306. The summed E-state index contributed by atoms with van der Waals surface area (Å²) >= 11 is 0. The first-order valence-electron chi connectivity index (χ1n) is 10.1. The van der Waals surface area contributed by atoms with Crippen LogP contribution in [0.4, 0.5) is 5.69 Å². The number of benzene rings is 3. The van der Waals surface area contributed by atoms with Gasteiger partial charge in [0.25, 0.3) is 0 Å². The highest BCUT2D eigenvalue weighted by Gasteiger charge is 2.12. The van der Waals surface area contributed by atoms with Gasteiger partial charge in [0.2, 0.25) is 0 Å². The standard InChI is InChI=1S/C26H24N2O2/c1-4-30-26(29)22-10-7-11-25(16-22)28-18(2)14-23(19(28)3)17-27-24-13-12-20-8-5-6-9-21(20)15-24/h5-17H,4H2,1-3H3. The van der Waals surface area contributed by atoms with E-state index in [9.17, 15) is 4.79 Å². The van der Waals surface area contributed by atoms with Crippen LogP contribution in [0.15, 0.2) is 77.8 Å². The minimum Gasteiger partial charge on any atom is -0.462 e. The van der Waals surface area contributed by atoms with Gasteiger partial charge in [0, 0.05) is 28.9 Å². The summed E-state index contributed by atoms with van der Waals surface area (Å²) in [5.41, 5.74) is 5.59. The minimum absolute atomic E-state index is 0.306. The molecule has 150 valence electrons. The zero-order valence-electron chi connectivity index (χ0n) is 17.4. The minimum atomic E-state index is -0.306. The third-order valence-electron chi connectivity index (χ3n) is 5.17. The van der Waals surface area contributed by atoms with Crippen molar-refractivity contribution in [3.63, 3.8) is 0 Å². The number of rotatable bonds is 5. The monoisotopic (exact) mass is 396 g/mol. The number of hydrogen-bond donors (Lipinski definition) is 0. The van der Waals surface area contributed by atoms with E-state index in [1.807, 2.05) is 49.5 Å². The van der Waals surface area contributed by atoms with Gasteiger partial charge in [0.15, 0.2) is 0 Å². The molecule has 0 amide bonds. The van der Waals surface area contributed by atoms with Crippen molar-refractivity contribution in [2.45, 2.75) is 20.8 Å². The van der Waals surface area contributed by atoms with Gasteiger partial charge in [-0.3, -0.25) is 4.99 Å². The molecule has 4 rings (SSSR count). The molecule has 0 aliphatic rings. The molecular weight excluding hydrogens is 372 g/mol. The molecule has 0 unspecified atom stereocenters. The van der Waals surface area contributed by atoms with E-state index in [-0.39, 0.29) is 5.97 Å². The number of aryl methyl sites for hydroxylation is 1. The third-order valence-corrected chi connectivity index (χ3v) is 5.17. The number of nitrogens with zero attached hydrogens (tertiary/aromatic N) is 2. The Kier molecular flexibility index (Phi) is 5.48. The van der Waals surface area contributed by atoms with Gasteiger partial charge in [-0.05, 0) is 67.9 Å². The summed E-state index contributed by atoms with van der Waals surface area (Å²) in [6.07, 6.45) is 1.90. The molecule has 0 N–H and O–H groups in total. The van der Waals surface area contributed by atoms with Gasteiger partial charge < -0.3 is 9.30 Å². The number of aromatic nitrogens is 1. The highest BCUT2D eigenvalue weighted by Crippen LogP contribution is 2.24. The summed E-state index contributed by atoms with van der Waals surface area (Å²) < 4.78 is 7.26. The summed E-state index contributed by atoms with van der Waals surface area (Å²) in [6, 6.07) is 24.1. The quantitative estimate of drug-likeness (QED) is 0.299. The van der Waals surface area contributed by atoms with E-state index in [4.69, 9.17) is 9.73 Å². The van der Waals surface area contributed by atoms with Crippen molar-refractivity contribution in [3.8, 4) is 5.69 Å². The smallest absolute Gasteiger partial charge is 0.338 e. The SMILES string of the molecule is CCOC(=O)c1cccc(-n2c(C)cc(C=Nc3ccc4ccccc4c3)c2C)c1. The number of esters is 1. The number of ether oxygens (including phenoxy) is 1. The molecule has 1 heterocycles. The topological polar surface area (TPSA) is 43.6 Å². The normalized spacial score (nSPS) is 11.3. The molecule has 0 aliphatic carbocycles. The maximum atomic E-state index is 12.1. The van der Waals surface area contributed by atoms with Crippen molar-refractivity contribution in [1.82, 2.24) is 4.57 Å². The van der Waals surface area contributed by atoms with Gasteiger partial charge >= 0.3 is 5.97 Å². The fraction of sp³-hybridized carbons (Fsp3) is 0.154. The molecule has 0 saturated carbocycles. The second-order valence-electron chi connectivity index (χ2n) is 7.22. The van der Waals surface area contributed by atoms with Crippen molar-refractivity contribution in [2.75, 3.05) is 6.61 Å². The molecule has 4 aromatic rings. The Bertz CT molecular complexity index is 1250. The largest absolute Gasteiger partial charge is 0.462 e. The predicted octanol–water partition coefficient (Wildman–Crippen LogP) is 6.17. The van der Waals surface area contributed by atoms with Crippen LogP contribution in [-0.4, -0.2) is 23.4 Å². The Balaban J connectivity index is 1.66. The van der Waals surface area contributed by atoms with E-state index in [0.717, 1.165) is 28.3 Å². The number of carbonyl (C=O) groups excluding carboxylic acids is 1. The lowest BCUT2D eigenvalue weighted by atomic mass is 10.1. The lowest BCUT2D eigenvalue weighted by Crippen LogP contribution is -2.06. The molecule has 3 aromatic carbocycles. The van der Waals surface area contributed by atoms with Crippen LogP contribution in [0.5, 0.6) is 0 Å². The molecule has 4 heteroatoms. The maximum Gasteiger partial charge on any atom is 0.338 e. The van der Waals surface area contributed by atoms with E-state index in [0.29, 0.717) is 12.2 Å². The highest BCUT2D eigenvalue weighted by molar-refractivity contribution is 5.90. The van der Waals surface area contributed by atoms with Crippen LogP contribution in [0.3, 0.4) is 0 Å². The predicted molar refractivity (Wildman–Crippen MR) is 122 cm³/mol. The van der Waals surface area contributed by atoms with Crippen LogP contribution in [0.1, 0.15) is 34.2 Å². The summed E-state index contributed by atoms with van der Waals surface area (Å²) in [4.78, 5) is 16.8. The Hall–Kier alpha value is -3.66. The van der Waals surface area contributed by atoms with Gasteiger partial charge in [-0.2, -0.15) is 0 Å². The van der Waals surface area contributed by atoms with Crippen molar-refractivity contribution in [1.29, 1.82) is 0 Å². The Morgan fingerprint density at radius 1 is 0.967 bits per heavy atom. The number of carbonyl (C=O) groups is 1. The van der Waals surface area contributed by atoms with Crippen LogP contribution in [0, 0.1) is 13.8 Å². The third kappa shape index (κ3) is 3.90. The van der Waals surface area contributed by atoms with Gasteiger partial charge in [-0.15, -0.1) is 0 Å². The number of aliphatic imine (C=N–C) groups is 1. The molecule has 4 nitrogen and oxygen atoms in total. The molecule has 1 aromatic heterocycles. The molecule has 30 heavy (non-hydrogen) atoms. The Morgan fingerprint density at radius 3 is 2.57 bits per heavy atom. The molecule has 0 spiro atoms. The molecule has 0 atom stereocenters. The first kappa shape index (κ1) is 19.6. The van der Waals surface area contributed by atoms with Gasteiger partial charge in [-0.25, -0.2) is 4.79 Å². The first-order chi connectivity index (χ1) is 14.6. The van der Waals surface area contributed by atoms with E-state index >= 15 is 0 Å². The number of fused-ring (bicyclic) bond motifs is 1. The molecule has 0 saturated heterocycles. The van der Waals surface area contributed by atoms with Crippen LogP contribution in [-0.2, 0) is 4.74 Å². The van der Waals surface area contributed by atoms with E-state index < -0.39 is 0 Å². The second kappa shape index (κ2) is 8.37. The van der Waals surface area contributed by atoms with E-state index in [1.54, 1.807) is 6.07 Å². The van der Waals surface area contributed by atoms with Crippen LogP contribution in [0.2, 0.25) is 0 Å². The first-order valence-corrected chi connectivity index (χ1v) is 10.1. The van der Waals surface area contributed by atoms with E-state index in [2.05, 4.69) is 48.7 Å². The summed E-state index contributed by atoms with van der Waals surface area (Å²) in [5, 5.41) is 2.38. The molecule has 0 aliphatic heterocycles. The molecule has 0 radical (unpaired) electrons. The van der Waals surface area contributed by atoms with Crippen molar-refractivity contribution in [2.24, 2.45) is 4.99 Å². The zero-order valence-corrected chi connectivity index (χ0v) is 17.4. The average Bonchev–Trinajstić information content (AvgIpc) is 3.05. The summed E-state index contributed by atoms with van der Waals surface area (Å²) in [7, 11) is 0. The molecular formula is C26H24N2O2. The maximum absolute atomic E-state index is 12.1. The Morgan fingerprint density at radius 2 is 1.77 bits per heavy atom. The molecule has 0 bridgehead atoms. The molecule has 0 fully saturated rings. The second-order valence-corrected chi connectivity index (χ2v) is 7.22. The lowest BCUT2D eigenvalue weighted by Gasteiger charge is -2.11. The van der Waals surface area contributed by atoms with Crippen molar-refractivity contribution in [3.05, 3.63) is 95.3 Å². The number of hydrogen-bond acceptors (Lipinski definition) is 3. The van der Waals surface area contributed by atoms with Crippen molar-refractivity contribution >= 4 is 28.6 Å². The van der Waals surface area contributed by atoms with Crippen LogP contribution < -0.4 is 0 Å². The van der Waals surface area contributed by atoms with Gasteiger partial charge in [-0.1, -0.05) is 36.4 Å². The van der Waals surface area contributed by atoms with Crippen LogP contribution in [0.25, 0.3) is 16.5 Å². The van der Waals surface area contributed by atoms with E-state index in [1.165, 1.54) is 10.8 Å². The Labute approximate surface area is 176 Å². The zero-order chi connectivity index (χ0) is 21.1. The lowest BCUT2D eigenvalue weighted by molar-refractivity contribution is 0.0526. The van der Waals surface area contributed by atoms with Gasteiger partial charge in [0.1, 0.15) is 0 Å². The highest BCUT2D eigenvalue weighted by atomic mass is 16.5. The van der Waals surface area contributed by atoms with Crippen molar-refractivity contribution < 1.29 is 9.53 Å². The van der Waals surface area contributed by atoms with Crippen LogP contribution >= 0.6 is 0 Å². The van der Waals surface area contributed by atoms with Gasteiger partial charge in [0.05, 0.1) is 17.9 Å². The summed E-state index contributed by atoms with van der Waals surface area (Å²) in [6.45, 7) is 6.28.